The van der Waals surface area contributed by atoms with Crippen LogP contribution in [0, 0.1) is 6.92 Å². The number of nitrogens with zero attached hydrogens (tertiary/aromatic N) is 1. The summed E-state index contributed by atoms with van der Waals surface area (Å²) in [5.74, 6) is -0.644. The predicted octanol–water partition coefficient (Wildman–Crippen LogP) is 4.96. The highest BCUT2D eigenvalue weighted by molar-refractivity contribution is 6.37. The van der Waals surface area contributed by atoms with Crippen LogP contribution in [0.1, 0.15) is 38.8 Å². The van der Waals surface area contributed by atoms with Crippen LogP contribution < -0.4 is 0 Å². The lowest BCUT2D eigenvalue weighted by Gasteiger charge is -2.06. The summed E-state index contributed by atoms with van der Waals surface area (Å²) < 4.78 is 6.83. The van der Waals surface area contributed by atoms with E-state index in [0.29, 0.717) is 27.2 Å². The Bertz CT molecular complexity index is 992. The summed E-state index contributed by atoms with van der Waals surface area (Å²) in [6.45, 7) is 3.87. The normalized spacial score (nSPS) is 10.9. The van der Waals surface area contributed by atoms with Crippen LogP contribution in [0.2, 0.25) is 10.0 Å². The van der Waals surface area contributed by atoms with E-state index < -0.39 is 5.97 Å². The molecule has 0 saturated carbocycles. The van der Waals surface area contributed by atoms with E-state index in [-0.39, 0.29) is 17.4 Å². The first-order chi connectivity index (χ1) is 11.9. The smallest absolute Gasteiger partial charge is 0.338 e. The standard InChI is InChI=1S/C19H15Cl2NO3/c1-3-25-19(24)12-6-7-22-10-11(2)17(16(22)8-12)18(23)14-5-4-13(20)9-15(14)21/h4-10H,3H2,1-2H3. The third kappa shape index (κ3) is 3.28. The van der Waals surface area contributed by atoms with Crippen LogP contribution in [0.4, 0.5) is 0 Å². The maximum atomic E-state index is 13.0. The molecule has 6 heteroatoms. The Labute approximate surface area is 154 Å². The Morgan fingerprint density at radius 2 is 1.92 bits per heavy atom. The summed E-state index contributed by atoms with van der Waals surface area (Å²) in [7, 11) is 0. The number of halogens is 2. The Hall–Kier alpha value is -2.30. The number of ether oxygens (including phenoxy) is 1. The summed E-state index contributed by atoms with van der Waals surface area (Å²) in [5.41, 5.74) is 2.67. The van der Waals surface area contributed by atoms with Gasteiger partial charge in [0.1, 0.15) is 0 Å². The van der Waals surface area contributed by atoms with Gasteiger partial charge in [0.15, 0.2) is 5.78 Å². The number of carbonyl (C=O) groups excluding carboxylic acids is 2. The van der Waals surface area contributed by atoms with Crippen molar-refractivity contribution in [2.75, 3.05) is 6.61 Å². The maximum Gasteiger partial charge on any atom is 0.338 e. The minimum Gasteiger partial charge on any atom is -0.462 e. The van der Waals surface area contributed by atoms with Gasteiger partial charge in [-0.25, -0.2) is 4.79 Å². The molecular weight excluding hydrogens is 361 g/mol. The Kier molecular flexibility index (Phi) is 4.84. The third-order valence-corrected chi connectivity index (χ3v) is 4.43. The van der Waals surface area contributed by atoms with Gasteiger partial charge < -0.3 is 9.14 Å². The van der Waals surface area contributed by atoms with Crippen molar-refractivity contribution >= 4 is 40.5 Å². The van der Waals surface area contributed by atoms with Gasteiger partial charge in [-0.05, 0) is 49.7 Å². The fourth-order valence-electron chi connectivity index (χ4n) is 2.74. The monoisotopic (exact) mass is 375 g/mol. The molecule has 0 N–H and O–H groups in total. The van der Waals surface area contributed by atoms with Crippen molar-refractivity contribution in [1.82, 2.24) is 4.40 Å². The number of carbonyl (C=O) groups is 2. The van der Waals surface area contributed by atoms with Gasteiger partial charge in [-0.2, -0.15) is 0 Å². The van der Waals surface area contributed by atoms with E-state index in [1.54, 1.807) is 41.8 Å². The van der Waals surface area contributed by atoms with Gasteiger partial charge in [0.05, 0.1) is 28.3 Å². The zero-order valence-electron chi connectivity index (χ0n) is 13.7. The van der Waals surface area contributed by atoms with E-state index in [1.165, 1.54) is 6.07 Å². The Morgan fingerprint density at radius 1 is 1.16 bits per heavy atom. The molecule has 4 nitrogen and oxygen atoms in total. The molecule has 2 heterocycles. The Morgan fingerprint density at radius 3 is 2.60 bits per heavy atom. The van der Waals surface area contributed by atoms with Crippen molar-refractivity contribution in [3.8, 4) is 0 Å². The SMILES string of the molecule is CCOC(=O)c1ccn2cc(C)c(C(=O)c3ccc(Cl)cc3Cl)c2c1. The minimum atomic E-state index is -0.424. The van der Waals surface area contributed by atoms with Gasteiger partial charge in [0, 0.05) is 23.0 Å². The average molecular weight is 376 g/mol. The van der Waals surface area contributed by atoms with Crippen molar-refractivity contribution < 1.29 is 14.3 Å². The molecule has 0 fully saturated rings. The fraction of sp³-hybridized carbons (Fsp3) is 0.158. The summed E-state index contributed by atoms with van der Waals surface area (Å²) in [5, 5.41) is 0.752. The molecule has 0 atom stereocenters. The highest BCUT2D eigenvalue weighted by atomic mass is 35.5. The maximum absolute atomic E-state index is 13.0. The second kappa shape index (κ2) is 6.90. The molecule has 0 spiro atoms. The number of hydrogen-bond donors (Lipinski definition) is 0. The molecule has 2 aromatic heterocycles. The molecule has 0 saturated heterocycles. The number of pyridine rings is 1. The van der Waals surface area contributed by atoms with E-state index in [0.717, 1.165) is 5.56 Å². The van der Waals surface area contributed by atoms with Gasteiger partial charge in [-0.1, -0.05) is 23.2 Å². The zero-order chi connectivity index (χ0) is 18.1. The lowest BCUT2D eigenvalue weighted by atomic mass is 10.0. The number of aromatic nitrogens is 1. The molecule has 3 aromatic rings. The van der Waals surface area contributed by atoms with E-state index >= 15 is 0 Å². The molecule has 0 unspecified atom stereocenters. The summed E-state index contributed by atoms with van der Waals surface area (Å²) in [6.07, 6.45) is 3.57. The number of ketones is 1. The first-order valence-corrected chi connectivity index (χ1v) is 8.46. The molecule has 0 radical (unpaired) electrons. The van der Waals surface area contributed by atoms with Crippen molar-refractivity contribution in [3.05, 3.63) is 75.0 Å². The van der Waals surface area contributed by atoms with Gasteiger partial charge in [-0.15, -0.1) is 0 Å². The molecule has 0 aliphatic rings. The van der Waals surface area contributed by atoms with Crippen LogP contribution >= 0.6 is 23.2 Å². The minimum absolute atomic E-state index is 0.220. The molecular formula is C19H15Cl2NO3. The fourth-order valence-corrected chi connectivity index (χ4v) is 3.24. The van der Waals surface area contributed by atoms with E-state index in [2.05, 4.69) is 0 Å². The average Bonchev–Trinajstić information content (AvgIpc) is 2.89. The lowest BCUT2D eigenvalue weighted by Crippen LogP contribution is -2.07. The van der Waals surface area contributed by atoms with Crippen LogP contribution in [0.15, 0.2) is 42.7 Å². The molecule has 0 aliphatic heterocycles. The van der Waals surface area contributed by atoms with E-state index in [1.807, 2.05) is 13.1 Å². The largest absolute Gasteiger partial charge is 0.462 e. The number of rotatable bonds is 4. The zero-order valence-corrected chi connectivity index (χ0v) is 15.2. The quantitative estimate of drug-likeness (QED) is 0.478. The number of benzene rings is 1. The summed E-state index contributed by atoms with van der Waals surface area (Å²) >= 11 is 12.1. The van der Waals surface area contributed by atoms with Crippen LogP contribution in [-0.2, 0) is 4.74 Å². The lowest BCUT2D eigenvalue weighted by molar-refractivity contribution is 0.0526. The third-order valence-electron chi connectivity index (χ3n) is 3.88. The van der Waals surface area contributed by atoms with E-state index in [9.17, 15) is 9.59 Å². The van der Waals surface area contributed by atoms with Gasteiger partial charge in [0.25, 0.3) is 0 Å². The highest BCUT2D eigenvalue weighted by Gasteiger charge is 2.21. The summed E-state index contributed by atoms with van der Waals surface area (Å²) in [4.78, 5) is 25.0. The number of esters is 1. The topological polar surface area (TPSA) is 47.8 Å². The molecule has 1 aromatic carbocycles. The molecule has 25 heavy (non-hydrogen) atoms. The molecule has 0 amide bonds. The van der Waals surface area contributed by atoms with Crippen LogP contribution in [0.5, 0.6) is 0 Å². The van der Waals surface area contributed by atoms with Crippen LogP contribution in [-0.4, -0.2) is 22.8 Å². The second-order valence-electron chi connectivity index (χ2n) is 5.57. The predicted molar refractivity (Wildman–Crippen MR) is 98.0 cm³/mol. The molecule has 3 rings (SSSR count). The van der Waals surface area contributed by atoms with Crippen molar-refractivity contribution in [3.63, 3.8) is 0 Å². The first-order valence-electron chi connectivity index (χ1n) is 7.70. The van der Waals surface area contributed by atoms with Crippen molar-refractivity contribution in [2.45, 2.75) is 13.8 Å². The van der Waals surface area contributed by atoms with E-state index in [4.69, 9.17) is 27.9 Å². The summed E-state index contributed by atoms with van der Waals surface area (Å²) in [6, 6.07) is 8.08. The second-order valence-corrected chi connectivity index (χ2v) is 6.41. The van der Waals surface area contributed by atoms with Crippen LogP contribution in [0.3, 0.4) is 0 Å². The highest BCUT2D eigenvalue weighted by Crippen LogP contribution is 2.28. The molecule has 0 bridgehead atoms. The van der Waals surface area contributed by atoms with Gasteiger partial charge in [-0.3, -0.25) is 4.79 Å². The molecule has 128 valence electrons. The number of hydrogen-bond acceptors (Lipinski definition) is 3. The number of fused-ring (bicyclic) bond motifs is 1. The molecule has 0 aliphatic carbocycles. The number of aryl methyl sites for hydroxylation is 1. The van der Waals surface area contributed by atoms with Crippen molar-refractivity contribution in [1.29, 1.82) is 0 Å². The Balaban J connectivity index is 2.14. The van der Waals surface area contributed by atoms with Crippen LogP contribution in [0.25, 0.3) is 5.52 Å². The van der Waals surface area contributed by atoms with Gasteiger partial charge in [0.2, 0.25) is 0 Å². The van der Waals surface area contributed by atoms with Gasteiger partial charge >= 0.3 is 5.97 Å². The first kappa shape index (κ1) is 17.5. The van der Waals surface area contributed by atoms with Crippen molar-refractivity contribution in [2.24, 2.45) is 0 Å².